The van der Waals surface area contributed by atoms with Gasteiger partial charge in [0.2, 0.25) is 5.91 Å². The van der Waals surface area contributed by atoms with Crippen molar-refractivity contribution >= 4 is 17.3 Å². The maximum Gasteiger partial charge on any atom is 0.224 e. The van der Waals surface area contributed by atoms with Crippen LogP contribution in [-0.4, -0.2) is 37.0 Å². The van der Waals surface area contributed by atoms with Gasteiger partial charge in [-0.25, -0.2) is 0 Å². The normalized spacial score (nSPS) is 18.4. The lowest BCUT2D eigenvalue weighted by atomic mass is 10.0. The van der Waals surface area contributed by atoms with Gasteiger partial charge in [0.1, 0.15) is 0 Å². The van der Waals surface area contributed by atoms with Crippen LogP contribution in [0.3, 0.4) is 0 Å². The second kappa shape index (κ2) is 9.24. The number of nitrogens with zero attached hydrogens (tertiary/aromatic N) is 2. The van der Waals surface area contributed by atoms with Gasteiger partial charge in [-0.2, -0.15) is 0 Å². The van der Waals surface area contributed by atoms with Crippen LogP contribution in [0, 0.1) is 5.92 Å². The van der Waals surface area contributed by atoms with E-state index in [2.05, 4.69) is 57.6 Å². The fourth-order valence-electron chi connectivity index (χ4n) is 4.44. The fourth-order valence-corrected chi connectivity index (χ4v) is 4.44. The first-order valence-corrected chi connectivity index (χ1v) is 10.7. The summed E-state index contributed by atoms with van der Waals surface area (Å²) in [4.78, 5) is 17.2. The zero-order chi connectivity index (χ0) is 19.2. The second-order valence-electron chi connectivity index (χ2n) is 8.20. The van der Waals surface area contributed by atoms with Gasteiger partial charge in [0.25, 0.3) is 0 Å². The molecule has 2 aromatic rings. The lowest BCUT2D eigenvalue weighted by Gasteiger charge is -2.36. The molecule has 4 rings (SSSR count). The molecule has 1 heterocycles. The number of piperazine rings is 1. The minimum Gasteiger partial charge on any atom is -0.369 e. The molecule has 2 fully saturated rings. The maximum atomic E-state index is 12.2. The summed E-state index contributed by atoms with van der Waals surface area (Å²) in [5, 5.41) is 3.06. The molecule has 1 saturated heterocycles. The monoisotopic (exact) mass is 377 g/mol. The largest absolute Gasteiger partial charge is 0.369 e. The van der Waals surface area contributed by atoms with Crippen molar-refractivity contribution in [2.45, 2.75) is 38.6 Å². The van der Waals surface area contributed by atoms with E-state index in [1.165, 1.54) is 36.9 Å². The highest BCUT2D eigenvalue weighted by Gasteiger charge is 2.19. The Kier molecular flexibility index (Phi) is 6.27. The topological polar surface area (TPSA) is 35.6 Å². The molecule has 28 heavy (non-hydrogen) atoms. The highest BCUT2D eigenvalue weighted by molar-refractivity contribution is 5.90. The van der Waals surface area contributed by atoms with Crippen molar-refractivity contribution in [2.24, 2.45) is 5.92 Å². The first-order valence-electron chi connectivity index (χ1n) is 10.7. The number of hydrogen-bond donors (Lipinski definition) is 1. The van der Waals surface area contributed by atoms with Crippen molar-refractivity contribution in [2.75, 3.05) is 36.4 Å². The van der Waals surface area contributed by atoms with E-state index in [1.54, 1.807) is 0 Å². The van der Waals surface area contributed by atoms with E-state index in [1.807, 2.05) is 12.1 Å². The number of amides is 1. The van der Waals surface area contributed by atoms with E-state index in [0.29, 0.717) is 12.3 Å². The van der Waals surface area contributed by atoms with Gasteiger partial charge >= 0.3 is 0 Å². The van der Waals surface area contributed by atoms with E-state index in [4.69, 9.17) is 0 Å². The molecule has 0 radical (unpaired) electrons. The van der Waals surface area contributed by atoms with Gasteiger partial charge in [-0.15, -0.1) is 0 Å². The smallest absolute Gasteiger partial charge is 0.224 e. The van der Waals surface area contributed by atoms with Crippen molar-refractivity contribution in [3.8, 4) is 0 Å². The Bertz CT molecular complexity index is 745. The Morgan fingerprint density at radius 1 is 0.893 bits per heavy atom. The summed E-state index contributed by atoms with van der Waals surface area (Å²) >= 11 is 0. The quantitative estimate of drug-likeness (QED) is 0.803. The summed E-state index contributed by atoms with van der Waals surface area (Å²) in [7, 11) is 0. The number of anilines is 2. The van der Waals surface area contributed by atoms with E-state index in [-0.39, 0.29) is 5.91 Å². The number of nitrogens with one attached hydrogen (secondary N) is 1. The molecule has 1 N–H and O–H groups in total. The van der Waals surface area contributed by atoms with Crippen molar-refractivity contribution in [1.82, 2.24) is 4.90 Å². The third kappa shape index (κ3) is 5.14. The van der Waals surface area contributed by atoms with Crippen molar-refractivity contribution in [3.63, 3.8) is 0 Å². The Balaban J connectivity index is 1.23. The van der Waals surface area contributed by atoms with Crippen LogP contribution in [0.15, 0.2) is 54.6 Å². The standard InChI is InChI=1S/C24H31N3O/c28-24(18-20-6-4-5-7-20)25-22-12-10-21(11-13-22)19-26-14-16-27(17-15-26)23-8-2-1-3-9-23/h1-3,8-13,20H,4-7,14-19H2,(H,25,28). The minimum atomic E-state index is 0.164. The van der Waals surface area contributed by atoms with Crippen LogP contribution in [0.1, 0.15) is 37.7 Å². The van der Waals surface area contributed by atoms with Gasteiger partial charge in [0, 0.05) is 50.5 Å². The molecule has 0 unspecified atom stereocenters. The van der Waals surface area contributed by atoms with Gasteiger partial charge in [-0.3, -0.25) is 9.69 Å². The predicted octanol–water partition coefficient (Wildman–Crippen LogP) is 4.53. The van der Waals surface area contributed by atoms with Crippen molar-refractivity contribution in [3.05, 3.63) is 60.2 Å². The molecule has 148 valence electrons. The fraction of sp³-hybridized carbons (Fsp3) is 0.458. The number of benzene rings is 2. The highest BCUT2D eigenvalue weighted by atomic mass is 16.1. The van der Waals surface area contributed by atoms with Crippen LogP contribution >= 0.6 is 0 Å². The first kappa shape index (κ1) is 19.0. The molecule has 1 amide bonds. The third-order valence-corrected chi connectivity index (χ3v) is 6.09. The van der Waals surface area contributed by atoms with Crippen LogP contribution in [0.4, 0.5) is 11.4 Å². The Labute approximate surface area is 168 Å². The molecule has 1 aliphatic carbocycles. The molecule has 0 spiro atoms. The van der Waals surface area contributed by atoms with E-state index in [9.17, 15) is 4.79 Å². The van der Waals surface area contributed by atoms with Crippen molar-refractivity contribution in [1.29, 1.82) is 0 Å². The maximum absolute atomic E-state index is 12.2. The molecule has 2 aromatic carbocycles. The molecule has 0 atom stereocenters. The third-order valence-electron chi connectivity index (χ3n) is 6.09. The number of para-hydroxylation sites is 1. The second-order valence-corrected chi connectivity index (χ2v) is 8.20. The molecule has 0 bridgehead atoms. The molecular weight excluding hydrogens is 346 g/mol. The summed E-state index contributed by atoms with van der Waals surface area (Å²) < 4.78 is 0. The molecule has 4 heteroatoms. The zero-order valence-electron chi connectivity index (χ0n) is 16.6. The van der Waals surface area contributed by atoms with E-state index >= 15 is 0 Å². The number of rotatable bonds is 6. The lowest BCUT2D eigenvalue weighted by molar-refractivity contribution is -0.117. The van der Waals surface area contributed by atoms with Crippen molar-refractivity contribution < 1.29 is 4.79 Å². The van der Waals surface area contributed by atoms with E-state index in [0.717, 1.165) is 38.4 Å². The van der Waals surface area contributed by atoms with Crippen LogP contribution < -0.4 is 10.2 Å². The zero-order valence-corrected chi connectivity index (χ0v) is 16.6. The highest BCUT2D eigenvalue weighted by Crippen LogP contribution is 2.27. The van der Waals surface area contributed by atoms with Gasteiger partial charge in [-0.05, 0) is 48.6 Å². The molecule has 4 nitrogen and oxygen atoms in total. The number of hydrogen-bond acceptors (Lipinski definition) is 3. The Morgan fingerprint density at radius 2 is 1.57 bits per heavy atom. The molecule has 1 aliphatic heterocycles. The molecule has 2 aliphatic rings. The Hall–Kier alpha value is -2.33. The van der Waals surface area contributed by atoms with Gasteiger partial charge in [0.05, 0.1) is 0 Å². The van der Waals surface area contributed by atoms with Crippen LogP contribution in [-0.2, 0) is 11.3 Å². The van der Waals surface area contributed by atoms with Crippen LogP contribution in [0.25, 0.3) is 0 Å². The summed E-state index contributed by atoms with van der Waals surface area (Å²) in [6, 6.07) is 19.0. The average Bonchev–Trinajstić information content (AvgIpc) is 3.24. The minimum absolute atomic E-state index is 0.164. The van der Waals surface area contributed by atoms with Gasteiger partial charge in [-0.1, -0.05) is 43.2 Å². The Morgan fingerprint density at radius 3 is 2.25 bits per heavy atom. The summed E-state index contributed by atoms with van der Waals surface area (Å²) in [6.45, 7) is 5.26. The lowest BCUT2D eigenvalue weighted by Crippen LogP contribution is -2.45. The molecular formula is C24H31N3O. The SMILES string of the molecule is O=C(CC1CCCC1)Nc1ccc(CN2CCN(c3ccccc3)CC2)cc1. The van der Waals surface area contributed by atoms with Gasteiger partial charge < -0.3 is 10.2 Å². The molecule has 0 aromatic heterocycles. The summed E-state index contributed by atoms with van der Waals surface area (Å²) in [5.74, 6) is 0.755. The van der Waals surface area contributed by atoms with Crippen LogP contribution in [0.2, 0.25) is 0 Å². The first-order chi connectivity index (χ1) is 13.8. The number of carbonyl (C=O) groups is 1. The predicted molar refractivity (Wildman–Crippen MR) is 116 cm³/mol. The average molecular weight is 378 g/mol. The van der Waals surface area contributed by atoms with E-state index < -0.39 is 0 Å². The van der Waals surface area contributed by atoms with Gasteiger partial charge in [0.15, 0.2) is 0 Å². The summed E-state index contributed by atoms with van der Waals surface area (Å²) in [5.41, 5.74) is 3.54. The van der Waals surface area contributed by atoms with Crippen LogP contribution in [0.5, 0.6) is 0 Å². The summed E-state index contributed by atoms with van der Waals surface area (Å²) in [6.07, 6.45) is 5.67. The number of carbonyl (C=O) groups excluding carboxylic acids is 1. The molecule has 1 saturated carbocycles.